The highest BCUT2D eigenvalue weighted by Gasteiger charge is 2.45. The van der Waals surface area contributed by atoms with Gasteiger partial charge in [0, 0.05) is 30.0 Å². The van der Waals surface area contributed by atoms with Gasteiger partial charge in [0.2, 0.25) is 0 Å². The van der Waals surface area contributed by atoms with E-state index in [1.165, 1.54) is 22.7 Å². The normalized spacial score (nSPS) is 17.9. The van der Waals surface area contributed by atoms with Gasteiger partial charge in [0.15, 0.2) is 11.5 Å². The lowest BCUT2D eigenvalue weighted by molar-refractivity contribution is -0.149. The van der Waals surface area contributed by atoms with Crippen molar-refractivity contribution in [1.82, 2.24) is 19.6 Å². The second kappa shape index (κ2) is 9.60. The minimum atomic E-state index is -3.92. The van der Waals surface area contributed by atoms with Crippen molar-refractivity contribution in [3.8, 4) is 11.5 Å². The minimum absolute atomic E-state index is 0.199. The van der Waals surface area contributed by atoms with Crippen molar-refractivity contribution in [3.05, 3.63) is 59.0 Å². The van der Waals surface area contributed by atoms with E-state index in [0.717, 1.165) is 32.1 Å². The maximum Gasteiger partial charge on any atom is 0.367 e. The fourth-order valence-corrected chi connectivity index (χ4v) is 4.58. The van der Waals surface area contributed by atoms with Crippen molar-refractivity contribution in [2.45, 2.75) is 30.9 Å². The molecular formula is C24H25ClF2N4O4. The first kappa shape index (κ1) is 23.8. The quantitative estimate of drug-likeness (QED) is 0.512. The molecule has 1 fully saturated rings. The zero-order chi connectivity index (χ0) is 24.6. The molecule has 5 rings (SSSR count). The van der Waals surface area contributed by atoms with Gasteiger partial charge in [0.25, 0.3) is 5.91 Å². The lowest BCUT2D eigenvalue weighted by Crippen LogP contribution is -2.51. The molecule has 4 heterocycles. The number of aromatic nitrogens is 2. The van der Waals surface area contributed by atoms with Crippen LogP contribution in [0.25, 0.3) is 5.65 Å². The molecule has 2 atom stereocenters. The summed E-state index contributed by atoms with van der Waals surface area (Å²) in [6.45, 7) is 2.55. The zero-order valence-electron chi connectivity index (χ0n) is 18.8. The highest BCUT2D eigenvalue weighted by Crippen LogP contribution is 2.34. The van der Waals surface area contributed by atoms with Crippen molar-refractivity contribution >= 4 is 23.2 Å². The van der Waals surface area contributed by atoms with Crippen molar-refractivity contribution < 1.29 is 28.2 Å². The van der Waals surface area contributed by atoms with Gasteiger partial charge in [-0.2, -0.15) is 8.78 Å². The molecule has 0 saturated carbocycles. The molecule has 0 spiro atoms. The predicted octanol–water partition coefficient (Wildman–Crippen LogP) is 3.16. The van der Waals surface area contributed by atoms with Crippen LogP contribution >= 0.6 is 11.6 Å². The highest BCUT2D eigenvalue weighted by atomic mass is 35.5. The smallest absolute Gasteiger partial charge is 0.367 e. The number of aliphatic hydroxyl groups excluding tert-OH is 1. The van der Waals surface area contributed by atoms with Gasteiger partial charge in [-0.1, -0.05) is 17.7 Å². The number of likely N-dealkylation sites (tertiary alicyclic amines) is 1. The second-order valence-electron chi connectivity index (χ2n) is 8.75. The first-order valence-electron chi connectivity index (χ1n) is 11.4. The number of amides is 1. The summed E-state index contributed by atoms with van der Waals surface area (Å²) in [6.07, 6.45) is 3.29. The van der Waals surface area contributed by atoms with E-state index in [2.05, 4.69) is 10.3 Å². The van der Waals surface area contributed by atoms with Crippen LogP contribution in [0.5, 0.6) is 11.5 Å². The second-order valence-corrected chi connectivity index (χ2v) is 9.18. The summed E-state index contributed by atoms with van der Waals surface area (Å²) in [7, 11) is 0. The summed E-state index contributed by atoms with van der Waals surface area (Å²) in [4.78, 5) is 18.8. The summed E-state index contributed by atoms with van der Waals surface area (Å²) in [5.74, 6) is -4.44. The number of aliphatic hydroxyl groups is 1. The lowest BCUT2D eigenvalue weighted by Gasteiger charge is -2.30. The third kappa shape index (κ3) is 4.91. The summed E-state index contributed by atoms with van der Waals surface area (Å²) in [5, 5.41) is 13.9. The number of ether oxygens (including phenoxy) is 2. The van der Waals surface area contributed by atoms with E-state index < -0.39 is 29.7 Å². The number of imidazole rings is 1. The van der Waals surface area contributed by atoms with Gasteiger partial charge in [0.05, 0.1) is 6.04 Å². The number of carbonyl (C=O) groups excluding carboxylic acids is 1. The third-order valence-corrected chi connectivity index (χ3v) is 6.52. The number of alkyl halides is 2. The number of benzene rings is 1. The molecule has 8 nitrogen and oxygen atoms in total. The van der Waals surface area contributed by atoms with E-state index in [9.17, 15) is 9.90 Å². The van der Waals surface area contributed by atoms with E-state index in [-0.39, 0.29) is 12.2 Å². The SMILES string of the molecule is O=C(N[C@H](CN1CCCC1)[C@H](O)c1ccc2c(c1)OCCO2)C(F)(F)c1cn2ccc(Cl)cc2n1. The fraction of sp³-hybridized carbons (Fsp3) is 0.417. The number of carbonyl (C=O) groups is 1. The molecular weight excluding hydrogens is 482 g/mol. The lowest BCUT2D eigenvalue weighted by atomic mass is 10.0. The first-order chi connectivity index (χ1) is 16.8. The Labute approximate surface area is 205 Å². The number of fused-ring (bicyclic) bond motifs is 2. The topological polar surface area (TPSA) is 88.3 Å². The van der Waals surface area contributed by atoms with Gasteiger partial charge in [-0.05, 0) is 49.7 Å². The monoisotopic (exact) mass is 506 g/mol. The number of nitrogens with one attached hydrogen (secondary N) is 1. The van der Waals surface area contributed by atoms with E-state index in [4.69, 9.17) is 21.1 Å². The molecule has 1 aromatic carbocycles. The summed E-state index contributed by atoms with van der Waals surface area (Å²) < 4.78 is 42.9. The first-order valence-corrected chi connectivity index (χ1v) is 11.8. The Morgan fingerprint density at radius 2 is 1.91 bits per heavy atom. The Morgan fingerprint density at radius 3 is 2.69 bits per heavy atom. The van der Waals surface area contributed by atoms with Crippen LogP contribution in [-0.4, -0.2) is 64.2 Å². The van der Waals surface area contributed by atoms with Crippen molar-refractivity contribution in [2.24, 2.45) is 0 Å². The van der Waals surface area contributed by atoms with Gasteiger partial charge in [0.1, 0.15) is 30.7 Å². The molecule has 1 saturated heterocycles. The number of halogens is 3. The maximum atomic E-state index is 15.2. The molecule has 11 heteroatoms. The predicted molar refractivity (Wildman–Crippen MR) is 124 cm³/mol. The number of hydrogen-bond acceptors (Lipinski definition) is 6. The summed E-state index contributed by atoms with van der Waals surface area (Å²) in [6, 6.07) is 6.91. The fourth-order valence-electron chi connectivity index (χ4n) is 4.43. The molecule has 186 valence electrons. The van der Waals surface area contributed by atoms with Crippen LogP contribution in [0.1, 0.15) is 30.2 Å². The molecule has 0 unspecified atom stereocenters. The average Bonchev–Trinajstić information content (AvgIpc) is 3.52. The zero-order valence-corrected chi connectivity index (χ0v) is 19.5. The van der Waals surface area contributed by atoms with Gasteiger partial charge in [-0.15, -0.1) is 0 Å². The van der Waals surface area contributed by atoms with Crippen LogP contribution < -0.4 is 14.8 Å². The maximum absolute atomic E-state index is 15.2. The van der Waals surface area contributed by atoms with Crippen LogP contribution in [0.2, 0.25) is 5.02 Å². The number of rotatable bonds is 7. The van der Waals surface area contributed by atoms with Crippen molar-refractivity contribution in [1.29, 1.82) is 0 Å². The Bertz CT molecular complexity index is 1230. The van der Waals surface area contributed by atoms with E-state index >= 15 is 8.78 Å². The molecule has 2 aliphatic heterocycles. The van der Waals surface area contributed by atoms with Crippen LogP contribution in [0.3, 0.4) is 0 Å². The van der Waals surface area contributed by atoms with Gasteiger partial charge >= 0.3 is 5.92 Å². The largest absolute Gasteiger partial charge is 0.486 e. The molecule has 0 bridgehead atoms. The van der Waals surface area contributed by atoms with Crippen molar-refractivity contribution in [2.75, 3.05) is 32.8 Å². The van der Waals surface area contributed by atoms with Crippen LogP contribution in [0.15, 0.2) is 42.7 Å². The standard InChI is InChI=1S/C24H25ClF2N4O4/c25-16-5-8-31-14-20(29-21(31)12-16)24(26,27)23(33)28-17(13-30-6-1-2-7-30)22(32)15-3-4-18-19(11-15)35-10-9-34-18/h3-5,8,11-12,14,17,22,32H,1-2,6-7,9-10,13H2,(H,28,33)/t17-,22-/m1/s1. The molecule has 0 aliphatic carbocycles. The van der Waals surface area contributed by atoms with Gasteiger partial charge < -0.3 is 29.2 Å². The highest BCUT2D eigenvalue weighted by molar-refractivity contribution is 6.30. The molecule has 35 heavy (non-hydrogen) atoms. The number of nitrogens with zero attached hydrogens (tertiary/aromatic N) is 3. The third-order valence-electron chi connectivity index (χ3n) is 6.29. The number of pyridine rings is 1. The molecule has 0 radical (unpaired) electrons. The minimum Gasteiger partial charge on any atom is -0.486 e. The van der Waals surface area contributed by atoms with E-state index in [1.54, 1.807) is 18.2 Å². The number of hydrogen-bond donors (Lipinski definition) is 2. The van der Waals surface area contributed by atoms with Crippen LogP contribution in [0.4, 0.5) is 8.78 Å². The Kier molecular flexibility index (Phi) is 6.52. The van der Waals surface area contributed by atoms with E-state index in [1.807, 2.05) is 4.90 Å². The molecule has 3 aromatic rings. The molecule has 2 aromatic heterocycles. The molecule has 1 amide bonds. The van der Waals surface area contributed by atoms with Crippen LogP contribution in [-0.2, 0) is 10.7 Å². The van der Waals surface area contributed by atoms with Gasteiger partial charge in [-0.3, -0.25) is 4.79 Å². The van der Waals surface area contributed by atoms with Crippen molar-refractivity contribution in [3.63, 3.8) is 0 Å². The Hall–Kier alpha value is -2.95. The van der Waals surface area contributed by atoms with Gasteiger partial charge in [-0.25, -0.2) is 4.98 Å². The van der Waals surface area contributed by atoms with Crippen LogP contribution in [0, 0.1) is 0 Å². The summed E-state index contributed by atoms with van der Waals surface area (Å²) in [5.41, 5.74) is -0.0691. The Balaban J connectivity index is 1.39. The molecule has 2 N–H and O–H groups in total. The average molecular weight is 507 g/mol. The Morgan fingerprint density at radius 1 is 1.17 bits per heavy atom. The summed E-state index contributed by atoms with van der Waals surface area (Å²) >= 11 is 5.92. The van der Waals surface area contributed by atoms with E-state index in [0.29, 0.717) is 35.3 Å². The molecule has 2 aliphatic rings.